The summed E-state index contributed by atoms with van der Waals surface area (Å²) in [6.07, 6.45) is 0. The van der Waals surface area contributed by atoms with Crippen molar-refractivity contribution in [2.24, 2.45) is 0 Å². The first-order valence-corrected chi connectivity index (χ1v) is 5.20. The van der Waals surface area contributed by atoms with Gasteiger partial charge in [0, 0.05) is 5.56 Å². The summed E-state index contributed by atoms with van der Waals surface area (Å²) in [7, 11) is 0. The van der Waals surface area contributed by atoms with E-state index in [1.807, 2.05) is 13.0 Å². The number of nitro groups is 1. The monoisotopic (exact) mass is 249 g/mol. The Labute approximate surface area is 102 Å². The van der Waals surface area contributed by atoms with E-state index in [9.17, 15) is 18.9 Å². The molecule has 0 fully saturated rings. The van der Waals surface area contributed by atoms with Gasteiger partial charge in [-0.3, -0.25) is 10.1 Å². The largest absolute Gasteiger partial charge is 0.340 e. The van der Waals surface area contributed by atoms with Crippen molar-refractivity contribution in [2.45, 2.75) is 6.92 Å². The molecule has 0 saturated heterocycles. The molecule has 0 amide bonds. The lowest BCUT2D eigenvalue weighted by molar-refractivity contribution is -0.390. The second-order valence-electron chi connectivity index (χ2n) is 3.88. The molecule has 3 nitrogen and oxygen atoms in total. The fourth-order valence-corrected chi connectivity index (χ4v) is 1.74. The van der Waals surface area contributed by atoms with E-state index in [0.717, 1.165) is 11.6 Å². The smallest absolute Gasteiger partial charge is 0.258 e. The minimum absolute atomic E-state index is 0.0202. The van der Waals surface area contributed by atoms with Crippen LogP contribution in [0.1, 0.15) is 5.56 Å². The number of hydrogen-bond acceptors (Lipinski definition) is 2. The van der Waals surface area contributed by atoms with Gasteiger partial charge in [0.05, 0.1) is 4.92 Å². The average molecular weight is 249 g/mol. The first-order valence-electron chi connectivity index (χ1n) is 5.20. The Bertz CT molecular complexity index is 626. The van der Waals surface area contributed by atoms with Gasteiger partial charge in [-0.25, -0.2) is 0 Å². The van der Waals surface area contributed by atoms with Crippen LogP contribution in [-0.2, 0) is 0 Å². The summed E-state index contributed by atoms with van der Waals surface area (Å²) in [4.78, 5) is 9.57. The number of nitrogens with zero attached hydrogens (tertiary/aromatic N) is 1. The van der Waals surface area contributed by atoms with Crippen molar-refractivity contribution in [1.29, 1.82) is 0 Å². The minimum Gasteiger partial charge on any atom is -0.258 e. The molecule has 0 bridgehead atoms. The van der Waals surface area contributed by atoms with E-state index in [4.69, 9.17) is 0 Å². The zero-order valence-electron chi connectivity index (χ0n) is 9.48. The van der Waals surface area contributed by atoms with E-state index in [0.29, 0.717) is 5.56 Å². The predicted octanol–water partition coefficient (Wildman–Crippen LogP) is 3.85. The average Bonchev–Trinajstić information content (AvgIpc) is 2.28. The first-order chi connectivity index (χ1) is 8.50. The lowest BCUT2D eigenvalue weighted by Crippen LogP contribution is -1.98. The van der Waals surface area contributed by atoms with Crippen molar-refractivity contribution in [3.63, 3.8) is 0 Å². The SMILES string of the molecule is Cc1cccc(-c2ccc(F)c([N+](=O)[O-])c2F)c1. The van der Waals surface area contributed by atoms with E-state index >= 15 is 0 Å². The second kappa shape index (κ2) is 4.52. The Morgan fingerprint density at radius 2 is 1.89 bits per heavy atom. The van der Waals surface area contributed by atoms with Gasteiger partial charge in [-0.1, -0.05) is 29.8 Å². The zero-order chi connectivity index (χ0) is 13.3. The highest BCUT2D eigenvalue weighted by Crippen LogP contribution is 2.31. The summed E-state index contributed by atoms with van der Waals surface area (Å²) in [5.41, 5.74) is 0.273. The molecule has 2 aromatic carbocycles. The standard InChI is InChI=1S/C13H9F2NO2/c1-8-3-2-4-9(7-8)10-5-6-11(14)13(12(10)15)16(17)18/h2-7H,1H3. The Morgan fingerprint density at radius 1 is 1.17 bits per heavy atom. The van der Waals surface area contributed by atoms with Crippen molar-refractivity contribution in [2.75, 3.05) is 0 Å². The van der Waals surface area contributed by atoms with Crippen LogP contribution in [0.3, 0.4) is 0 Å². The fraction of sp³-hybridized carbons (Fsp3) is 0.0769. The van der Waals surface area contributed by atoms with Crippen molar-refractivity contribution in [1.82, 2.24) is 0 Å². The predicted molar refractivity (Wildman–Crippen MR) is 63.2 cm³/mol. The van der Waals surface area contributed by atoms with Gasteiger partial charge in [0.25, 0.3) is 0 Å². The van der Waals surface area contributed by atoms with Crippen LogP contribution in [0.2, 0.25) is 0 Å². The quantitative estimate of drug-likeness (QED) is 0.599. The van der Waals surface area contributed by atoms with Crippen LogP contribution >= 0.6 is 0 Å². The summed E-state index contributed by atoms with van der Waals surface area (Å²) in [6, 6.07) is 8.93. The van der Waals surface area contributed by atoms with Crippen molar-refractivity contribution in [3.8, 4) is 11.1 Å². The van der Waals surface area contributed by atoms with Gasteiger partial charge < -0.3 is 0 Å². The summed E-state index contributed by atoms with van der Waals surface area (Å²) in [6.45, 7) is 1.82. The first kappa shape index (κ1) is 12.2. The Kier molecular flexibility index (Phi) is 3.06. The molecule has 92 valence electrons. The molecule has 0 aliphatic heterocycles. The van der Waals surface area contributed by atoms with Gasteiger partial charge in [0.1, 0.15) is 0 Å². The second-order valence-corrected chi connectivity index (χ2v) is 3.88. The van der Waals surface area contributed by atoms with Crippen LogP contribution in [0.4, 0.5) is 14.5 Å². The van der Waals surface area contributed by atoms with Crippen LogP contribution in [0.25, 0.3) is 11.1 Å². The number of nitro benzene ring substituents is 1. The molecule has 0 N–H and O–H groups in total. The molecule has 2 aromatic rings. The maximum Gasteiger partial charge on any atom is 0.340 e. The third kappa shape index (κ3) is 2.07. The molecule has 0 spiro atoms. The van der Waals surface area contributed by atoms with Gasteiger partial charge in [-0.2, -0.15) is 8.78 Å². The Balaban J connectivity index is 2.67. The highest BCUT2D eigenvalue weighted by Gasteiger charge is 2.24. The van der Waals surface area contributed by atoms with Crippen LogP contribution in [-0.4, -0.2) is 4.92 Å². The highest BCUT2D eigenvalue weighted by atomic mass is 19.1. The molecule has 0 atom stereocenters. The summed E-state index contributed by atoms with van der Waals surface area (Å²) >= 11 is 0. The number of aryl methyl sites for hydroxylation is 1. The maximum atomic E-state index is 13.9. The minimum atomic E-state index is -1.17. The molecule has 0 unspecified atom stereocenters. The molecular weight excluding hydrogens is 240 g/mol. The van der Waals surface area contributed by atoms with E-state index < -0.39 is 22.2 Å². The van der Waals surface area contributed by atoms with E-state index in [1.54, 1.807) is 18.2 Å². The van der Waals surface area contributed by atoms with Crippen molar-refractivity contribution < 1.29 is 13.7 Å². The van der Waals surface area contributed by atoms with E-state index in [-0.39, 0.29) is 5.56 Å². The maximum absolute atomic E-state index is 13.9. The molecule has 0 aliphatic carbocycles. The Morgan fingerprint density at radius 3 is 2.50 bits per heavy atom. The van der Waals surface area contributed by atoms with Gasteiger partial charge >= 0.3 is 5.69 Å². The van der Waals surface area contributed by atoms with E-state index in [2.05, 4.69) is 0 Å². The van der Waals surface area contributed by atoms with E-state index in [1.165, 1.54) is 6.07 Å². The zero-order valence-corrected chi connectivity index (χ0v) is 9.48. The van der Waals surface area contributed by atoms with Crippen molar-refractivity contribution >= 4 is 5.69 Å². The van der Waals surface area contributed by atoms with Crippen LogP contribution in [0, 0.1) is 28.7 Å². The lowest BCUT2D eigenvalue weighted by Gasteiger charge is -2.05. The number of rotatable bonds is 2. The number of halogens is 2. The summed E-state index contributed by atoms with van der Waals surface area (Å²) < 4.78 is 27.1. The fourth-order valence-electron chi connectivity index (χ4n) is 1.74. The lowest BCUT2D eigenvalue weighted by atomic mass is 10.0. The molecule has 18 heavy (non-hydrogen) atoms. The topological polar surface area (TPSA) is 43.1 Å². The molecule has 0 aliphatic rings. The summed E-state index contributed by atoms with van der Waals surface area (Å²) in [5.74, 6) is -2.32. The number of hydrogen-bond donors (Lipinski definition) is 0. The van der Waals surface area contributed by atoms with Crippen LogP contribution in [0.5, 0.6) is 0 Å². The molecule has 0 aromatic heterocycles. The third-order valence-electron chi connectivity index (χ3n) is 2.58. The van der Waals surface area contributed by atoms with Crippen LogP contribution in [0.15, 0.2) is 36.4 Å². The van der Waals surface area contributed by atoms with Gasteiger partial charge in [-0.05, 0) is 24.6 Å². The Hall–Kier alpha value is -2.30. The molecule has 5 heteroatoms. The third-order valence-corrected chi connectivity index (χ3v) is 2.58. The molecule has 0 radical (unpaired) electrons. The highest BCUT2D eigenvalue weighted by molar-refractivity contribution is 5.68. The molecule has 0 heterocycles. The van der Waals surface area contributed by atoms with Gasteiger partial charge in [-0.15, -0.1) is 0 Å². The molecule has 2 rings (SSSR count). The normalized spacial score (nSPS) is 10.4. The van der Waals surface area contributed by atoms with Gasteiger partial charge in [0.15, 0.2) is 0 Å². The number of benzene rings is 2. The van der Waals surface area contributed by atoms with Crippen LogP contribution < -0.4 is 0 Å². The molecule has 0 saturated carbocycles. The van der Waals surface area contributed by atoms with Crippen molar-refractivity contribution in [3.05, 3.63) is 63.7 Å². The summed E-state index contributed by atoms with van der Waals surface area (Å²) in [5, 5.41) is 10.6. The molecular formula is C13H9F2NO2. The van der Waals surface area contributed by atoms with Gasteiger partial charge in [0.2, 0.25) is 11.6 Å².